The topological polar surface area (TPSA) is 59.2 Å². The molecule has 0 spiro atoms. The van der Waals surface area contributed by atoms with E-state index in [1.165, 1.54) is 17.3 Å². The normalized spacial score (nSPS) is 13.4. The van der Waals surface area contributed by atoms with E-state index < -0.39 is 0 Å². The van der Waals surface area contributed by atoms with Crippen LogP contribution in [0.4, 0.5) is 5.69 Å². The molecule has 90 valence electrons. The molecule has 1 aliphatic rings. The summed E-state index contributed by atoms with van der Waals surface area (Å²) in [5.41, 5.74) is 9.17. The molecular weight excluding hydrogens is 226 g/mol. The van der Waals surface area contributed by atoms with Crippen LogP contribution in [0.25, 0.3) is 0 Å². The summed E-state index contributed by atoms with van der Waals surface area (Å²) in [4.78, 5) is 18.1. The van der Waals surface area contributed by atoms with Crippen molar-refractivity contribution in [2.75, 3.05) is 5.73 Å². The molecule has 0 radical (unpaired) electrons. The molecule has 0 unspecified atom stereocenters. The summed E-state index contributed by atoms with van der Waals surface area (Å²) in [7, 11) is 0. The molecule has 0 saturated carbocycles. The van der Waals surface area contributed by atoms with Crippen LogP contribution in [0.1, 0.15) is 21.5 Å². The Morgan fingerprint density at radius 1 is 1.17 bits per heavy atom. The van der Waals surface area contributed by atoms with E-state index in [1.54, 1.807) is 17.2 Å². The standard InChI is InChI=1S/C14H13N3O/c15-13-5-6-16-7-12(13)14(18)17-8-10-3-1-2-4-11(10)9-17/h1-7H,8-9H2,(H2,15,16). The molecule has 3 rings (SSSR count). The highest BCUT2D eigenvalue weighted by Gasteiger charge is 2.24. The van der Waals surface area contributed by atoms with Crippen LogP contribution in [0.15, 0.2) is 42.7 Å². The number of nitrogens with zero attached hydrogens (tertiary/aromatic N) is 2. The van der Waals surface area contributed by atoms with Gasteiger partial charge in [-0.25, -0.2) is 0 Å². The van der Waals surface area contributed by atoms with E-state index in [4.69, 9.17) is 5.73 Å². The van der Waals surface area contributed by atoms with Crippen LogP contribution in [0.5, 0.6) is 0 Å². The summed E-state index contributed by atoms with van der Waals surface area (Å²) in [5.74, 6) is -0.0585. The Kier molecular flexibility index (Phi) is 2.48. The van der Waals surface area contributed by atoms with Crippen LogP contribution in [0, 0.1) is 0 Å². The third-order valence-corrected chi connectivity index (χ3v) is 3.21. The highest BCUT2D eigenvalue weighted by Crippen LogP contribution is 2.24. The maximum Gasteiger partial charge on any atom is 0.258 e. The van der Waals surface area contributed by atoms with E-state index >= 15 is 0 Å². The average Bonchev–Trinajstić information content (AvgIpc) is 2.82. The predicted octanol–water partition coefficient (Wildman–Crippen LogP) is 1.82. The fourth-order valence-electron chi connectivity index (χ4n) is 2.23. The minimum absolute atomic E-state index is 0.0585. The van der Waals surface area contributed by atoms with Crippen molar-refractivity contribution in [1.82, 2.24) is 9.88 Å². The van der Waals surface area contributed by atoms with Gasteiger partial charge in [0.15, 0.2) is 0 Å². The molecule has 0 saturated heterocycles. The van der Waals surface area contributed by atoms with Gasteiger partial charge < -0.3 is 10.6 Å². The number of anilines is 1. The maximum absolute atomic E-state index is 12.3. The number of carbonyl (C=O) groups is 1. The molecule has 18 heavy (non-hydrogen) atoms. The van der Waals surface area contributed by atoms with Gasteiger partial charge in [-0.2, -0.15) is 0 Å². The van der Waals surface area contributed by atoms with Gasteiger partial charge in [0, 0.05) is 31.2 Å². The zero-order valence-corrected chi connectivity index (χ0v) is 9.84. The van der Waals surface area contributed by atoms with Crippen molar-refractivity contribution >= 4 is 11.6 Å². The summed E-state index contributed by atoms with van der Waals surface area (Å²) in [5, 5.41) is 0. The molecule has 0 fully saturated rings. The molecule has 2 heterocycles. The van der Waals surface area contributed by atoms with Crippen LogP contribution in [0.2, 0.25) is 0 Å². The molecule has 1 aromatic heterocycles. The lowest BCUT2D eigenvalue weighted by Gasteiger charge is -2.16. The number of hydrogen-bond acceptors (Lipinski definition) is 3. The van der Waals surface area contributed by atoms with E-state index in [-0.39, 0.29) is 5.91 Å². The first kappa shape index (κ1) is 10.8. The Bertz CT molecular complexity index is 584. The van der Waals surface area contributed by atoms with Gasteiger partial charge in [0.1, 0.15) is 0 Å². The van der Waals surface area contributed by atoms with Gasteiger partial charge in [0.2, 0.25) is 0 Å². The van der Waals surface area contributed by atoms with Crippen LogP contribution in [0.3, 0.4) is 0 Å². The number of pyridine rings is 1. The Balaban J connectivity index is 1.87. The third kappa shape index (κ3) is 1.72. The second-order valence-corrected chi connectivity index (χ2v) is 4.39. The smallest absolute Gasteiger partial charge is 0.258 e. The van der Waals surface area contributed by atoms with Gasteiger partial charge in [-0.15, -0.1) is 0 Å². The molecule has 1 amide bonds. The summed E-state index contributed by atoms with van der Waals surface area (Å²) >= 11 is 0. The van der Waals surface area contributed by atoms with Gasteiger partial charge in [-0.1, -0.05) is 24.3 Å². The monoisotopic (exact) mass is 239 g/mol. The van der Waals surface area contributed by atoms with Crippen molar-refractivity contribution in [1.29, 1.82) is 0 Å². The Labute approximate surface area is 105 Å². The number of nitrogens with two attached hydrogens (primary N) is 1. The Morgan fingerprint density at radius 3 is 2.44 bits per heavy atom. The molecule has 0 bridgehead atoms. The zero-order valence-electron chi connectivity index (χ0n) is 9.84. The fraction of sp³-hybridized carbons (Fsp3) is 0.143. The summed E-state index contributed by atoms with van der Waals surface area (Å²) < 4.78 is 0. The van der Waals surface area contributed by atoms with E-state index in [9.17, 15) is 4.79 Å². The molecule has 4 nitrogen and oxygen atoms in total. The molecule has 0 aliphatic carbocycles. The average molecular weight is 239 g/mol. The van der Waals surface area contributed by atoms with Crippen molar-refractivity contribution in [3.05, 3.63) is 59.4 Å². The largest absolute Gasteiger partial charge is 0.398 e. The SMILES string of the molecule is Nc1ccncc1C(=O)N1Cc2ccccc2C1. The van der Waals surface area contributed by atoms with E-state index in [2.05, 4.69) is 17.1 Å². The van der Waals surface area contributed by atoms with Crippen molar-refractivity contribution < 1.29 is 4.79 Å². The number of benzene rings is 1. The van der Waals surface area contributed by atoms with Crippen LogP contribution in [-0.4, -0.2) is 15.8 Å². The minimum atomic E-state index is -0.0585. The van der Waals surface area contributed by atoms with E-state index in [0.717, 1.165) is 0 Å². The number of carbonyl (C=O) groups excluding carboxylic acids is 1. The van der Waals surface area contributed by atoms with Crippen LogP contribution >= 0.6 is 0 Å². The minimum Gasteiger partial charge on any atom is -0.398 e. The van der Waals surface area contributed by atoms with Gasteiger partial charge in [0.25, 0.3) is 5.91 Å². The Hall–Kier alpha value is -2.36. The number of aromatic nitrogens is 1. The van der Waals surface area contributed by atoms with Gasteiger partial charge >= 0.3 is 0 Å². The summed E-state index contributed by atoms with van der Waals surface area (Å²) in [6.07, 6.45) is 3.12. The molecule has 2 aromatic rings. The lowest BCUT2D eigenvalue weighted by molar-refractivity contribution is 0.0752. The van der Waals surface area contributed by atoms with Crippen LogP contribution in [-0.2, 0) is 13.1 Å². The number of hydrogen-bond donors (Lipinski definition) is 1. The molecule has 4 heteroatoms. The van der Waals surface area contributed by atoms with Crippen molar-refractivity contribution in [3.8, 4) is 0 Å². The molecule has 0 atom stereocenters. The second-order valence-electron chi connectivity index (χ2n) is 4.39. The second kappa shape index (κ2) is 4.14. The number of rotatable bonds is 1. The van der Waals surface area contributed by atoms with Gasteiger partial charge in [0.05, 0.1) is 5.56 Å². The van der Waals surface area contributed by atoms with Gasteiger partial charge in [-0.05, 0) is 17.2 Å². The number of fused-ring (bicyclic) bond motifs is 1. The maximum atomic E-state index is 12.3. The lowest BCUT2D eigenvalue weighted by atomic mass is 10.1. The molecule has 2 N–H and O–H groups in total. The van der Waals surface area contributed by atoms with Crippen molar-refractivity contribution in [2.45, 2.75) is 13.1 Å². The first-order chi connectivity index (χ1) is 8.75. The molecule has 1 aliphatic heterocycles. The summed E-state index contributed by atoms with van der Waals surface area (Å²) in [6, 6.07) is 9.73. The lowest BCUT2D eigenvalue weighted by Crippen LogP contribution is -2.26. The first-order valence-electron chi connectivity index (χ1n) is 5.81. The highest BCUT2D eigenvalue weighted by atomic mass is 16.2. The van der Waals surface area contributed by atoms with Crippen molar-refractivity contribution in [3.63, 3.8) is 0 Å². The van der Waals surface area contributed by atoms with E-state index in [0.29, 0.717) is 24.3 Å². The predicted molar refractivity (Wildman–Crippen MR) is 68.7 cm³/mol. The third-order valence-electron chi connectivity index (χ3n) is 3.21. The molecular formula is C14H13N3O. The summed E-state index contributed by atoms with van der Waals surface area (Å²) in [6.45, 7) is 1.28. The van der Waals surface area contributed by atoms with E-state index in [1.807, 2.05) is 12.1 Å². The van der Waals surface area contributed by atoms with Crippen LogP contribution < -0.4 is 5.73 Å². The first-order valence-corrected chi connectivity index (χ1v) is 5.81. The number of nitrogen functional groups attached to an aromatic ring is 1. The number of amides is 1. The van der Waals surface area contributed by atoms with Crippen molar-refractivity contribution in [2.24, 2.45) is 0 Å². The molecule has 1 aromatic carbocycles. The van der Waals surface area contributed by atoms with Gasteiger partial charge in [-0.3, -0.25) is 9.78 Å². The zero-order chi connectivity index (χ0) is 12.5. The highest BCUT2D eigenvalue weighted by molar-refractivity contribution is 5.98. The Morgan fingerprint density at radius 2 is 1.83 bits per heavy atom. The fourth-order valence-corrected chi connectivity index (χ4v) is 2.23. The quantitative estimate of drug-likeness (QED) is 0.825.